The van der Waals surface area contributed by atoms with Gasteiger partial charge in [-0.05, 0) is 48.5 Å². The van der Waals surface area contributed by atoms with Gasteiger partial charge in [-0.15, -0.1) is 0 Å². The summed E-state index contributed by atoms with van der Waals surface area (Å²) < 4.78 is 56.6. The summed E-state index contributed by atoms with van der Waals surface area (Å²) in [5, 5.41) is 17.7. The van der Waals surface area contributed by atoms with E-state index in [0.717, 1.165) is 30.3 Å². The average Bonchev–Trinajstić information content (AvgIpc) is 3.21. The van der Waals surface area contributed by atoms with Gasteiger partial charge in [0.25, 0.3) is 5.91 Å². The van der Waals surface area contributed by atoms with Crippen molar-refractivity contribution in [1.29, 1.82) is 0 Å². The zero-order valence-corrected chi connectivity index (χ0v) is 19.4. The van der Waals surface area contributed by atoms with E-state index in [0.29, 0.717) is 10.7 Å². The molecule has 1 aromatic heterocycles. The number of hydrogen-bond acceptors (Lipinski definition) is 4. The molecular formula is C24H15ClF4N4O4. The Kier molecular flexibility index (Phi) is 6.61. The molecule has 0 spiro atoms. The smallest absolute Gasteiger partial charge is 0.417 e. The third-order valence-corrected chi connectivity index (χ3v) is 5.68. The Balaban J connectivity index is 1.99. The molecule has 0 aliphatic rings. The second-order valence-electron chi connectivity index (χ2n) is 7.66. The van der Waals surface area contributed by atoms with E-state index in [1.165, 1.54) is 25.2 Å². The zero-order valence-electron chi connectivity index (χ0n) is 18.7. The molecule has 2 amide bonds. The predicted octanol–water partition coefficient (Wildman–Crippen LogP) is 5.65. The fourth-order valence-electron chi connectivity index (χ4n) is 3.66. The number of halogens is 5. The topological polar surface area (TPSA) is 113 Å². The minimum atomic E-state index is -4.92. The minimum absolute atomic E-state index is 0.0661. The van der Waals surface area contributed by atoms with Crippen molar-refractivity contribution < 1.29 is 37.1 Å². The van der Waals surface area contributed by atoms with Gasteiger partial charge in [0.2, 0.25) is 0 Å². The number of nitrogens with zero attached hydrogens (tertiary/aromatic N) is 2. The van der Waals surface area contributed by atoms with Crippen molar-refractivity contribution in [1.82, 2.24) is 15.1 Å². The SMILES string of the molecule is CNC(=O)Nc1ccc2c(-c3ccc(C(=O)O)cc3F)nn(C(=O)c3c(Cl)cccc3C(F)(F)F)c2c1. The van der Waals surface area contributed by atoms with Crippen LogP contribution in [0.4, 0.5) is 28.0 Å². The number of aromatic nitrogens is 2. The highest BCUT2D eigenvalue weighted by Crippen LogP contribution is 2.37. The number of carbonyl (C=O) groups excluding carboxylic acids is 2. The molecule has 0 aliphatic carbocycles. The Labute approximate surface area is 210 Å². The second-order valence-corrected chi connectivity index (χ2v) is 8.07. The summed E-state index contributed by atoms with van der Waals surface area (Å²) in [5.41, 5.74) is -2.78. The van der Waals surface area contributed by atoms with Gasteiger partial charge in [0, 0.05) is 23.7 Å². The predicted molar refractivity (Wildman–Crippen MR) is 126 cm³/mol. The van der Waals surface area contributed by atoms with E-state index in [-0.39, 0.29) is 33.4 Å². The van der Waals surface area contributed by atoms with Crippen molar-refractivity contribution in [3.8, 4) is 11.3 Å². The summed E-state index contributed by atoms with van der Waals surface area (Å²) in [6, 6.07) is 9.29. The summed E-state index contributed by atoms with van der Waals surface area (Å²) in [5.74, 6) is -3.62. The van der Waals surface area contributed by atoms with E-state index < -0.39 is 46.1 Å². The Morgan fingerprint density at radius 3 is 2.41 bits per heavy atom. The lowest BCUT2D eigenvalue weighted by Gasteiger charge is -2.13. The van der Waals surface area contributed by atoms with Crippen LogP contribution < -0.4 is 10.6 Å². The third-order valence-electron chi connectivity index (χ3n) is 5.36. The first-order chi connectivity index (χ1) is 17.4. The summed E-state index contributed by atoms with van der Waals surface area (Å²) >= 11 is 6.00. The molecule has 0 unspecified atom stereocenters. The molecule has 8 nitrogen and oxygen atoms in total. The van der Waals surface area contributed by atoms with Crippen molar-refractivity contribution in [2.24, 2.45) is 0 Å². The fourth-order valence-corrected chi connectivity index (χ4v) is 3.92. The molecule has 4 aromatic rings. The lowest BCUT2D eigenvalue weighted by atomic mass is 10.0. The van der Waals surface area contributed by atoms with Crippen LogP contribution in [-0.4, -0.2) is 39.8 Å². The van der Waals surface area contributed by atoms with Crippen LogP contribution in [0.5, 0.6) is 0 Å². The average molecular weight is 535 g/mol. The van der Waals surface area contributed by atoms with E-state index in [1.54, 1.807) is 0 Å². The summed E-state index contributed by atoms with van der Waals surface area (Å²) in [6.45, 7) is 0. The number of carboxylic acid groups (broad SMARTS) is 1. The van der Waals surface area contributed by atoms with Gasteiger partial charge >= 0.3 is 18.2 Å². The van der Waals surface area contributed by atoms with Crippen LogP contribution >= 0.6 is 11.6 Å². The minimum Gasteiger partial charge on any atom is -0.478 e. The number of fused-ring (bicyclic) bond motifs is 1. The van der Waals surface area contributed by atoms with Crippen molar-refractivity contribution in [3.63, 3.8) is 0 Å². The molecule has 4 rings (SSSR count). The summed E-state index contributed by atoms with van der Waals surface area (Å²) in [6.07, 6.45) is -4.92. The Bertz CT molecular complexity index is 1580. The molecule has 0 saturated carbocycles. The highest BCUT2D eigenvalue weighted by molar-refractivity contribution is 6.34. The maximum absolute atomic E-state index is 14.9. The van der Waals surface area contributed by atoms with E-state index in [4.69, 9.17) is 16.7 Å². The number of hydrogen-bond donors (Lipinski definition) is 3. The number of carbonyl (C=O) groups is 3. The molecule has 0 aliphatic heterocycles. The fraction of sp³-hybridized carbons (Fsp3) is 0.0833. The largest absolute Gasteiger partial charge is 0.478 e. The second kappa shape index (κ2) is 9.54. The van der Waals surface area contributed by atoms with Crippen molar-refractivity contribution >= 4 is 46.1 Å². The number of carboxylic acids is 1. The van der Waals surface area contributed by atoms with Crippen LogP contribution in [0.2, 0.25) is 5.02 Å². The molecule has 0 radical (unpaired) electrons. The third kappa shape index (κ3) is 4.83. The van der Waals surface area contributed by atoms with E-state index in [2.05, 4.69) is 15.7 Å². The highest BCUT2D eigenvalue weighted by Gasteiger charge is 2.37. The maximum Gasteiger partial charge on any atom is 0.417 e. The summed E-state index contributed by atoms with van der Waals surface area (Å²) in [7, 11) is 1.36. The normalized spacial score (nSPS) is 11.4. The van der Waals surface area contributed by atoms with Gasteiger partial charge in [-0.25, -0.2) is 14.0 Å². The Morgan fingerprint density at radius 2 is 1.78 bits per heavy atom. The quantitative estimate of drug-likeness (QED) is 0.293. The lowest BCUT2D eigenvalue weighted by Crippen LogP contribution is -2.24. The van der Waals surface area contributed by atoms with Crippen molar-refractivity contribution in [2.75, 3.05) is 12.4 Å². The molecule has 0 fully saturated rings. The molecule has 37 heavy (non-hydrogen) atoms. The molecule has 13 heteroatoms. The molecule has 3 N–H and O–H groups in total. The van der Waals surface area contributed by atoms with Crippen LogP contribution in [0.25, 0.3) is 22.2 Å². The lowest BCUT2D eigenvalue weighted by molar-refractivity contribution is -0.137. The maximum atomic E-state index is 14.9. The molecule has 0 atom stereocenters. The van der Waals surface area contributed by atoms with E-state index in [1.807, 2.05) is 0 Å². The number of nitrogens with one attached hydrogen (secondary N) is 2. The van der Waals surface area contributed by atoms with E-state index in [9.17, 15) is 31.9 Å². The molecule has 0 bridgehead atoms. The van der Waals surface area contributed by atoms with Crippen LogP contribution in [0.15, 0.2) is 54.6 Å². The molecular weight excluding hydrogens is 520 g/mol. The van der Waals surface area contributed by atoms with E-state index >= 15 is 0 Å². The number of urea groups is 1. The molecule has 3 aromatic carbocycles. The zero-order chi connectivity index (χ0) is 27.1. The number of anilines is 1. The monoisotopic (exact) mass is 534 g/mol. The van der Waals surface area contributed by atoms with Gasteiger partial charge in [0.15, 0.2) is 0 Å². The number of alkyl halides is 3. The van der Waals surface area contributed by atoms with Gasteiger partial charge in [-0.2, -0.15) is 23.0 Å². The van der Waals surface area contributed by atoms with Gasteiger partial charge < -0.3 is 15.7 Å². The number of rotatable bonds is 4. The van der Waals surface area contributed by atoms with Gasteiger partial charge in [0.1, 0.15) is 11.5 Å². The summed E-state index contributed by atoms with van der Waals surface area (Å²) in [4.78, 5) is 36.4. The van der Waals surface area contributed by atoms with Crippen LogP contribution in [0, 0.1) is 5.82 Å². The first-order valence-electron chi connectivity index (χ1n) is 10.4. The Morgan fingerprint density at radius 1 is 1.05 bits per heavy atom. The molecule has 190 valence electrons. The van der Waals surface area contributed by atoms with Crippen LogP contribution in [0.1, 0.15) is 26.3 Å². The molecule has 0 saturated heterocycles. The van der Waals surface area contributed by atoms with Crippen LogP contribution in [-0.2, 0) is 6.18 Å². The van der Waals surface area contributed by atoms with Crippen LogP contribution in [0.3, 0.4) is 0 Å². The Hall–Kier alpha value is -4.45. The first kappa shape index (κ1) is 25.6. The van der Waals surface area contributed by atoms with Gasteiger partial charge in [-0.3, -0.25) is 4.79 Å². The highest BCUT2D eigenvalue weighted by atomic mass is 35.5. The van der Waals surface area contributed by atoms with Crippen molar-refractivity contribution in [2.45, 2.75) is 6.18 Å². The van der Waals surface area contributed by atoms with Gasteiger partial charge in [0.05, 0.1) is 27.2 Å². The molecule has 1 heterocycles. The standard InChI is InChI=1S/C24H15ClF4N4O4/c1-30-23(37)31-12-6-8-14-18(10-12)33(21(34)19-15(24(27,28)29)3-2-4-16(19)25)32-20(14)13-7-5-11(22(35)36)9-17(13)26/h2-10H,1H3,(H,35,36)(H2,30,31,37). The van der Waals surface area contributed by atoms with Gasteiger partial charge in [-0.1, -0.05) is 17.7 Å². The number of amides is 2. The number of benzene rings is 3. The first-order valence-corrected chi connectivity index (χ1v) is 10.7. The van der Waals surface area contributed by atoms with Crippen molar-refractivity contribution in [3.05, 3.63) is 82.1 Å². The number of aromatic carboxylic acids is 1.